The maximum atomic E-state index is 12.6. The zero-order valence-electron chi connectivity index (χ0n) is 17.3. The van der Waals surface area contributed by atoms with Crippen molar-refractivity contribution in [1.29, 1.82) is 0 Å². The Labute approximate surface area is 192 Å². The van der Waals surface area contributed by atoms with Crippen molar-refractivity contribution in [1.82, 2.24) is 15.1 Å². The lowest BCUT2D eigenvalue weighted by atomic mass is 10.1. The van der Waals surface area contributed by atoms with Gasteiger partial charge in [-0.1, -0.05) is 11.6 Å². The molecule has 172 valence electrons. The summed E-state index contributed by atoms with van der Waals surface area (Å²) in [6.45, 7) is 4.22. The van der Waals surface area contributed by atoms with Crippen LogP contribution in [-0.2, 0) is 24.0 Å². The number of carbonyl (C=O) groups is 6. The highest BCUT2D eigenvalue weighted by molar-refractivity contribution is 6.64. The molecule has 1 atom stereocenters. The Kier molecular flexibility index (Phi) is 8.17. The van der Waals surface area contributed by atoms with Crippen LogP contribution in [0.25, 0.3) is 0 Å². The normalized spacial score (nSPS) is 14.7. The lowest BCUT2D eigenvalue weighted by molar-refractivity contribution is -0.153. The van der Waals surface area contributed by atoms with Gasteiger partial charge in [0.05, 0.1) is 5.02 Å². The van der Waals surface area contributed by atoms with Gasteiger partial charge in [0.15, 0.2) is 11.5 Å². The van der Waals surface area contributed by atoms with E-state index in [4.69, 9.17) is 32.7 Å². The molecule has 1 fully saturated rings. The number of rotatable bonds is 6. The number of nitrogens with one attached hydrogen (secondary N) is 1. The van der Waals surface area contributed by atoms with E-state index in [9.17, 15) is 28.8 Å². The van der Waals surface area contributed by atoms with Crippen molar-refractivity contribution in [2.45, 2.75) is 26.8 Å². The number of nitrogens with zero attached hydrogens (tertiary/aromatic N) is 2. The summed E-state index contributed by atoms with van der Waals surface area (Å²) in [5.41, 5.74) is -0.0989. The van der Waals surface area contributed by atoms with Crippen LogP contribution in [-0.4, -0.2) is 64.5 Å². The molecular weight excluding hydrogens is 469 g/mol. The second-order valence-corrected chi connectivity index (χ2v) is 7.32. The molecule has 0 radical (unpaired) electrons. The number of ether oxygens (including phenoxy) is 2. The molecule has 32 heavy (non-hydrogen) atoms. The number of urea groups is 1. The second kappa shape index (κ2) is 10.4. The van der Waals surface area contributed by atoms with Crippen LogP contribution in [0.4, 0.5) is 4.79 Å². The summed E-state index contributed by atoms with van der Waals surface area (Å²) in [6, 6.07) is -0.434. The van der Waals surface area contributed by atoms with Crippen molar-refractivity contribution in [3.8, 4) is 11.5 Å². The second-order valence-electron chi connectivity index (χ2n) is 6.54. The van der Waals surface area contributed by atoms with E-state index in [1.807, 2.05) is 0 Å². The number of amides is 4. The van der Waals surface area contributed by atoms with Gasteiger partial charge in [-0.2, -0.15) is 0 Å². The zero-order valence-corrected chi connectivity index (χ0v) is 18.8. The number of hydrogen-bond acceptors (Lipinski definition) is 8. The number of carbonyl (C=O) groups excluding carboxylic acids is 6. The van der Waals surface area contributed by atoms with E-state index in [-0.39, 0.29) is 35.2 Å². The van der Waals surface area contributed by atoms with Gasteiger partial charge in [-0.15, -0.1) is 0 Å². The number of esters is 2. The highest BCUT2D eigenvalue weighted by Gasteiger charge is 2.37. The van der Waals surface area contributed by atoms with Gasteiger partial charge in [-0.05, 0) is 24.6 Å². The quantitative estimate of drug-likeness (QED) is 0.274. The summed E-state index contributed by atoms with van der Waals surface area (Å²) in [5, 5.41) is 1.01. The highest BCUT2D eigenvalue weighted by atomic mass is 35.5. The minimum atomic E-state index is -1.58. The number of benzene rings is 1. The lowest BCUT2D eigenvalue weighted by Gasteiger charge is -2.32. The fourth-order valence-corrected chi connectivity index (χ4v) is 3.30. The lowest BCUT2D eigenvalue weighted by Crippen LogP contribution is -2.58. The predicted octanol–water partition coefficient (Wildman–Crippen LogP) is 1.40. The van der Waals surface area contributed by atoms with Gasteiger partial charge in [-0.3, -0.25) is 28.9 Å². The van der Waals surface area contributed by atoms with E-state index in [2.05, 4.69) is 5.32 Å². The summed E-state index contributed by atoms with van der Waals surface area (Å²) in [6.07, 6.45) is 0. The molecule has 1 N–H and O–H groups in total. The Morgan fingerprint density at radius 3 is 2.09 bits per heavy atom. The molecule has 0 spiro atoms. The number of likely N-dealkylation sites (N-methyl/N-ethyl adjacent to an activating group) is 1. The highest BCUT2D eigenvalue weighted by Crippen LogP contribution is 2.37. The average molecular weight is 488 g/mol. The van der Waals surface area contributed by atoms with Gasteiger partial charge in [0.25, 0.3) is 0 Å². The smallest absolute Gasteiger partial charge is 0.325 e. The Bertz CT molecular complexity index is 997. The SMILES string of the molecule is CCN1CCN(C(=O)NC(C(=O)Cl)c2cc(OC(C)=O)c(OC(C)=O)cc2Cl)C(=O)C1=O. The first kappa shape index (κ1) is 25.1. The number of hydrogen-bond donors (Lipinski definition) is 1. The number of halogens is 2. The molecule has 0 saturated carbocycles. The molecule has 0 aliphatic carbocycles. The first-order valence-corrected chi connectivity index (χ1v) is 10.0. The largest absolute Gasteiger partial charge is 0.423 e. The van der Waals surface area contributed by atoms with Crippen molar-refractivity contribution in [3.05, 3.63) is 22.7 Å². The minimum Gasteiger partial charge on any atom is -0.423 e. The first-order chi connectivity index (χ1) is 15.0. The van der Waals surface area contributed by atoms with Crippen LogP contribution in [0.5, 0.6) is 11.5 Å². The monoisotopic (exact) mass is 487 g/mol. The molecule has 1 aliphatic rings. The van der Waals surface area contributed by atoms with Crippen LogP contribution in [0.15, 0.2) is 12.1 Å². The first-order valence-electron chi connectivity index (χ1n) is 9.27. The van der Waals surface area contributed by atoms with E-state index in [0.717, 1.165) is 26.0 Å². The maximum Gasteiger partial charge on any atom is 0.325 e. The molecule has 1 aliphatic heterocycles. The Hall–Kier alpha value is -3.18. The summed E-state index contributed by atoms with van der Waals surface area (Å²) < 4.78 is 9.94. The topological polar surface area (TPSA) is 139 Å². The standard InChI is InChI=1S/C19H19Cl2N3O8/c1-4-23-5-6-24(18(29)17(23)28)19(30)22-15(16(21)27)11-7-13(31-9(2)25)14(8-12(11)20)32-10(3)26/h7-8,15H,4-6H2,1-3H3,(H,22,30). The molecule has 0 aromatic heterocycles. The molecule has 1 heterocycles. The molecule has 1 aromatic carbocycles. The van der Waals surface area contributed by atoms with Crippen molar-refractivity contribution in [2.24, 2.45) is 0 Å². The van der Waals surface area contributed by atoms with Crippen molar-refractivity contribution in [2.75, 3.05) is 19.6 Å². The van der Waals surface area contributed by atoms with Gasteiger partial charge in [0, 0.05) is 45.1 Å². The van der Waals surface area contributed by atoms with Crippen LogP contribution in [0.3, 0.4) is 0 Å². The summed E-state index contributed by atoms with van der Waals surface area (Å²) in [7, 11) is 0. The van der Waals surface area contributed by atoms with E-state index >= 15 is 0 Å². The average Bonchev–Trinajstić information content (AvgIpc) is 2.69. The molecule has 1 aromatic rings. The van der Waals surface area contributed by atoms with Gasteiger partial charge in [0.1, 0.15) is 6.04 Å². The summed E-state index contributed by atoms with van der Waals surface area (Å²) in [5.74, 6) is -3.87. The summed E-state index contributed by atoms with van der Waals surface area (Å²) >= 11 is 11.8. The van der Waals surface area contributed by atoms with E-state index in [0.29, 0.717) is 11.4 Å². The minimum absolute atomic E-state index is 0.0920. The van der Waals surface area contributed by atoms with Crippen molar-refractivity contribution in [3.63, 3.8) is 0 Å². The fraction of sp³-hybridized carbons (Fsp3) is 0.368. The molecule has 13 heteroatoms. The van der Waals surface area contributed by atoms with Crippen molar-refractivity contribution < 1.29 is 38.2 Å². The number of imide groups is 1. The van der Waals surface area contributed by atoms with Gasteiger partial charge < -0.3 is 19.7 Å². The summed E-state index contributed by atoms with van der Waals surface area (Å²) in [4.78, 5) is 73.6. The van der Waals surface area contributed by atoms with Crippen LogP contribution < -0.4 is 14.8 Å². The van der Waals surface area contributed by atoms with Crippen LogP contribution >= 0.6 is 23.2 Å². The maximum absolute atomic E-state index is 12.6. The Morgan fingerprint density at radius 2 is 1.59 bits per heavy atom. The number of piperazine rings is 1. The fourth-order valence-electron chi connectivity index (χ4n) is 2.87. The zero-order chi connectivity index (χ0) is 24.2. The molecule has 2 rings (SSSR count). The Morgan fingerprint density at radius 1 is 1.03 bits per heavy atom. The van der Waals surface area contributed by atoms with E-state index in [1.54, 1.807) is 6.92 Å². The van der Waals surface area contributed by atoms with Gasteiger partial charge >= 0.3 is 29.8 Å². The predicted molar refractivity (Wildman–Crippen MR) is 110 cm³/mol. The molecule has 0 bridgehead atoms. The molecule has 4 amide bonds. The van der Waals surface area contributed by atoms with Crippen molar-refractivity contribution >= 4 is 58.2 Å². The van der Waals surface area contributed by atoms with Crippen LogP contribution in [0.2, 0.25) is 5.02 Å². The third-order valence-corrected chi connectivity index (χ3v) is 4.86. The third kappa shape index (κ3) is 5.74. The van der Waals surface area contributed by atoms with Crippen LogP contribution in [0, 0.1) is 0 Å². The van der Waals surface area contributed by atoms with Gasteiger partial charge in [0.2, 0.25) is 5.24 Å². The molecule has 1 unspecified atom stereocenters. The molecular formula is C19H19Cl2N3O8. The van der Waals surface area contributed by atoms with Crippen LogP contribution in [0.1, 0.15) is 32.4 Å². The van der Waals surface area contributed by atoms with E-state index < -0.39 is 41.1 Å². The van der Waals surface area contributed by atoms with E-state index in [1.165, 1.54) is 4.90 Å². The third-order valence-electron chi connectivity index (χ3n) is 4.31. The van der Waals surface area contributed by atoms with Gasteiger partial charge in [-0.25, -0.2) is 4.79 Å². The Balaban J connectivity index is 2.37. The molecule has 1 saturated heterocycles. The molecule has 11 nitrogen and oxygen atoms in total.